The summed E-state index contributed by atoms with van der Waals surface area (Å²) in [5.74, 6) is -1.61. The van der Waals surface area contributed by atoms with Crippen molar-refractivity contribution in [2.45, 2.75) is 25.9 Å². The largest absolute Gasteiger partial charge is 0.479 e. The van der Waals surface area contributed by atoms with Crippen LogP contribution in [0.4, 0.5) is 0 Å². The molecular weight excluding hydrogens is 232 g/mol. The summed E-state index contributed by atoms with van der Waals surface area (Å²) in [6, 6.07) is 6.75. The van der Waals surface area contributed by atoms with E-state index in [2.05, 4.69) is 5.32 Å². The summed E-state index contributed by atoms with van der Waals surface area (Å²) in [7, 11) is 0. The van der Waals surface area contributed by atoms with Gasteiger partial charge in [0.25, 0.3) is 0 Å². The smallest absolute Gasteiger partial charge is 0.330 e. The average molecular weight is 250 g/mol. The third-order valence-corrected chi connectivity index (χ3v) is 2.69. The predicted octanol–water partition coefficient (Wildman–Crippen LogP) is 0.912. The highest BCUT2D eigenvalue weighted by atomic mass is 16.4. The van der Waals surface area contributed by atoms with Crippen molar-refractivity contribution in [3.63, 3.8) is 0 Å². The fourth-order valence-corrected chi connectivity index (χ4v) is 1.47. The van der Waals surface area contributed by atoms with Gasteiger partial charge < -0.3 is 16.2 Å². The Bertz CT molecular complexity index is 418. The molecule has 0 saturated carbocycles. The fraction of sp³-hybridized carbons (Fsp3) is 0.385. The summed E-state index contributed by atoms with van der Waals surface area (Å²) in [5, 5.41) is 11.6. The van der Waals surface area contributed by atoms with Gasteiger partial charge in [0.15, 0.2) is 6.04 Å². The number of nitrogens with one attached hydrogen (secondary N) is 1. The van der Waals surface area contributed by atoms with Gasteiger partial charge in [0.2, 0.25) is 5.91 Å². The average Bonchev–Trinajstić information content (AvgIpc) is 2.35. The molecule has 1 aromatic rings. The maximum Gasteiger partial charge on any atom is 0.330 e. The molecular formula is C13H18N2O3. The second-order valence-electron chi connectivity index (χ2n) is 4.46. The molecule has 0 saturated heterocycles. The van der Waals surface area contributed by atoms with Crippen LogP contribution in [0, 0.1) is 5.92 Å². The summed E-state index contributed by atoms with van der Waals surface area (Å²) in [6.45, 7) is 3.62. The number of aliphatic carboxylic acids is 1. The van der Waals surface area contributed by atoms with Crippen LogP contribution in [0.25, 0.3) is 0 Å². The van der Waals surface area contributed by atoms with Crippen molar-refractivity contribution in [1.29, 1.82) is 0 Å². The Morgan fingerprint density at radius 2 is 1.78 bits per heavy atom. The number of nitrogens with two attached hydrogens (primary N) is 1. The van der Waals surface area contributed by atoms with Crippen LogP contribution in [0.2, 0.25) is 0 Å². The zero-order valence-electron chi connectivity index (χ0n) is 10.5. The molecule has 4 N–H and O–H groups in total. The number of hydrogen-bond donors (Lipinski definition) is 3. The highest BCUT2D eigenvalue weighted by Gasteiger charge is 2.25. The number of carboxylic acid groups (broad SMARTS) is 1. The van der Waals surface area contributed by atoms with Crippen LogP contribution in [0.15, 0.2) is 30.3 Å². The van der Waals surface area contributed by atoms with Crippen LogP contribution in [-0.4, -0.2) is 23.0 Å². The Kier molecular flexibility index (Phi) is 4.85. The maximum atomic E-state index is 11.8. The lowest BCUT2D eigenvalue weighted by Gasteiger charge is -2.20. The van der Waals surface area contributed by atoms with Crippen LogP contribution in [0.3, 0.4) is 0 Å². The van der Waals surface area contributed by atoms with Crippen molar-refractivity contribution in [3.8, 4) is 0 Å². The first-order valence-electron chi connectivity index (χ1n) is 5.77. The van der Waals surface area contributed by atoms with Crippen LogP contribution in [0.5, 0.6) is 0 Å². The van der Waals surface area contributed by atoms with E-state index in [1.807, 2.05) is 13.8 Å². The van der Waals surface area contributed by atoms with Gasteiger partial charge in [-0.05, 0) is 11.5 Å². The van der Waals surface area contributed by atoms with Crippen LogP contribution < -0.4 is 11.1 Å². The molecule has 1 rings (SSSR count). The second kappa shape index (κ2) is 6.16. The van der Waals surface area contributed by atoms with Crippen LogP contribution >= 0.6 is 0 Å². The third kappa shape index (κ3) is 3.56. The standard InChI is InChI=1S/C13H18N2O3/c1-8(2)10(14)12(16)15-11(13(17)18)9-6-4-3-5-7-9/h3-8,10-11H,14H2,1-2H3,(H,15,16)(H,17,18)/t10?,11-/m1/s1. The third-order valence-electron chi connectivity index (χ3n) is 2.69. The van der Waals surface area contributed by atoms with Gasteiger partial charge in [0, 0.05) is 0 Å². The van der Waals surface area contributed by atoms with Gasteiger partial charge in [-0.15, -0.1) is 0 Å². The molecule has 1 aromatic carbocycles. The minimum Gasteiger partial charge on any atom is -0.479 e. The molecule has 1 amide bonds. The molecule has 5 heteroatoms. The maximum absolute atomic E-state index is 11.8. The molecule has 2 atom stereocenters. The molecule has 0 fully saturated rings. The highest BCUT2D eigenvalue weighted by molar-refractivity contribution is 5.87. The van der Waals surface area contributed by atoms with E-state index < -0.39 is 24.0 Å². The topological polar surface area (TPSA) is 92.4 Å². The van der Waals surface area contributed by atoms with Gasteiger partial charge in [0.1, 0.15) is 0 Å². The first kappa shape index (κ1) is 14.2. The van der Waals surface area contributed by atoms with E-state index >= 15 is 0 Å². The molecule has 0 aliphatic rings. The molecule has 5 nitrogen and oxygen atoms in total. The number of carboxylic acids is 1. The minimum absolute atomic E-state index is 0.0461. The molecule has 1 unspecified atom stereocenters. The van der Waals surface area contributed by atoms with Crippen LogP contribution in [-0.2, 0) is 9.59 Å². The molecule has 0 aliphatic carbocycles. The second-order valence-corrected chi connectivity index (χ2v) is 4.46. The van der Waals surface area contributed by atoms with Gasteiger partial charge in [-0.1, -0.05) is 44.2 Å². The van der Waals surface area contributed by atoms with Gasteiger partial charge in [0.05, 0.1) is 6.04 Å². The predicted molar refractivity (Wildman–Crippen MR) is 67.8 cm³/mol. The Morgan fingerprint density at radius 1 is 1.22 bits per heavy atom. The number of rotatable bonds is 5. The van der Waals surface area contributed by atoms with Crippen molar-refractivity contribution in [1.82, 2.24) is 5.32 Å². The normalized spacial score (nSPS) is 14.0. The van der Waals surface area contributed by atoms with Gasteiger partial charge in [-0.25, -0.2) is 4.79 Å². The summed E-state index contributed by atoms with van der Waals surface area (Å²) < 4.78 is 0. The minimum atomic E-state index is -1.11. The zero-order chi connectivity index (χ0) is 13.7. The van der Waals surface area contributed by atoms with Crippen molar-refractivity contribution in [2.75, 3.05) is 0 Å². The number of carbonyl (C=O) groups excluding carboxylic acids is 1. The molecule has 98 valence electrons. The van der Waals surface area contributed by atoms with E-state index in [4.69, 9.17) is 10.8 Å². The molecule has 18 heavy (non-hydrogen) atoms. The van der Waals surface area contributed by atoms with Gasteiger partial charge in [-0.2, -0.15) is 0 Å². The monoisotopic (exact) mass is 250 g/mol. The lowest BCUT2D eigenvalue weighted by atomic mass is 10.0. The van der Waals surface area contributed by atoms with Crippen molar-refractivity contribution in [2.24, 2.45) is 11.7 Å². The summed E-state index contributed by atoms with van der Waals surface area (Å²) in [6.07, 6.45) is 0. The first-order chi connectivity index (χ1) is 8.43. The Hall–Kier alpha value is -1.88. The molecule has 0 spiro atoms. The number of carbonyl (C=O) groups is 2. The van der Waals surface area contributed by atoms with Crippen molar-refractivity contribution in [3.05, 3.63) is 35.9 Å². The lowest BCUT2D eigenvalue weighted by Crippen LogP contribution is -2.46. The molecule has 0 radical (unpaired) electrons. The summed E-state index contributed by atoms with van der Waals surface area (Å²) >= 11 is 0. The van der Waals surface area contributed by atoms with Gasteiger partial charge in [-0.3, -0.25) is 4.79 Å². The lowest BCUT2D eigenvalue weighted by molar-refractivity contribution is -0.142. The van der Waals surface area contributed by atoms with E-state index in [1.54, 1.807) is 30.3 Å². The van der Waals surface area contributed by atoms with E-state index in [1.165, 1.54) is 0 Å². The van der Waals surface area contributed by atoms with E-state index in [0.29, 0.717) is 5.56 Å². The van der Waals surface area contributed by atoms with Crippen molar-refractivity contribution < 1.29 is 14.7 Å². The first-order valence-corrected chi connectivity index (χ1v) is 5.77. The summed E-state index contributed by atoms with van der Waals surface area (Å²) in [4.78, 5) is 22.9. The number of benzene rings is 1. The highest BCUT2D eigenvalue weighted by Crippen LogP contribution is 2.13. The van der Waals surface area contributed by atoms with Gasteiger partial charge >= 0.3 is 5.97 Å². The molecule has 0 aromatic heterocycles. The van der Waals surface area contributed by atoms with Crippen LogP contribution in [0.1, 0.15) is 25.5 Å². The number of hydrogen-bond acceptors (Lipinski definition) is 3. The summed E-state index contributed by atoms with van der Waals surface area (Å²) in [5.41, 5.74) is 6.20. The zero-order valence-corrected chi connectivity index (χ0v) is 10.5. The Labute approximate surface area is 106 Å². The van der Waals surface area contributed by atoms with E-state index in [0.717, 1.165) is 0 Å². The quantitative estimate of drug-likeness (QED) is 0.724. The number of amides is 1. The molecule has 0 aliphatic heterocycles. The SMILES string of the molecule is CC(C)C(N)C(=O)N[C@@H](C(=O)O)c1ccccc1. The molecule has 0 heterocycles. The fourth-order valence-electron chi connectivity index (χ4n) is 1.47. The molecule has 0 bridgehead atoms. The van der Waals surface area contributed by atoms with E-state index in [9.17, 15) is 9.59 Å². The van der Waals surface area contributed by atoms with E-state index in [-0.39, 0.29) is 5.92 Å². The Morgan fingerprint density at radius 3 is 2.22 bits per heavy atom. The Balaban J connectivity index is 2.83. The van der Waals surface area contributed by atoms with Crippen molar-refractivity contribution >= 4 is 11.9 Å².